The molecule has 20 heavy (non-hydrogen) atoms. The number of ether oxygens (including phenoxy) is 2. The van der Waals surface area contributed by atoms with Crippen molar-refractivity contribution in [1.82, 2.24) is 5.32 Å². The van der Waals surface area contributed by atoms with Crippen molar-refractivity contribution < 1.29 is 19.4 Å². The van der Waals surface area contributed by atoms with Crippen LogP contribution in [0.4, 0.5) is 0 Å². The number of nitrogens with one attached hydrogen (secondary N) is 1. The number of aliphatic hydroxyl groups is 1. The Morgan fingerprint density at radius 1 is 1.35 bits per heavy atom. The number of benzene rings is 1. The second-order valence-electron chi connectivity index (χ2n) is 4.70. The molecule has 2 N–H and O–H groups in total. The Morgan fingerprint density at radius 3 is 2.50 bits per heavy atom. The maximum atomic E-state index is 11.9. The minimum Gasteiger partial charge on any atom is -0.494 e. The smallest absolute Gasteiger partial charge is 0.326 e. The Kier molecular flexibility index (Phi) is 6.48. The fraction of sp³-hybridized carbons (Fsp3) is 0.533. The highest BCUT2D eigenvalue weighted by Gasteiger charge is 2.32. The van der Waals surface area contributed by atoms with E-state index >= 15 is 0 Å². The van der Waals surface area contributed by atoms with Crippen LogP contribution >= 0.6 is 0 Å². The molecule has 5 heteroatoms. The van der Waals surface area contributed by atoms with Gasteiger partial charge in [0.05, 0.1) is 19.8 Å². The van der Waals surface area contributed by atoms with Crippen molar-refractivity contribution >= 4 is 5.97 Å². The first-order valence-electron chi connectivity index (χ1n) is 6.74. The Morgan fingerprint density at radius 2 is 2.00 bits per heavy atom. The molecule has 1 aromatic rings. The number of likely N-dealkylation sites (N-methyl/N-ethyl adjacent to an activating group) is 1. The van der Waals surface area contributed by atoms with Gasteiger partial charge in [0.1, 0.15) is 11.3 Å². The van der Waals surface area contributed by atoms with Crippen molar-refractivity contribution in [3.8, 4) is 5.75 Å². The quantitative estimate of drug-likeness (QED) is 0.707. The average molecular weight is 281 g/mol. The highest BCUT2D eigenvalue weighted by Crippen LogP contribution is 2.16. The topological polar surface area (TPSA) is 67.8 Å². The van der Waals surface area contributed by atoms with Gasteiger partial charge >= 0.3 is 5.97 Å². The first kappa shape index (κ1) is 16.5. The second kappa shape index (κ2) is 7.87. The van der Waals surface area contributed by atoms with Crippen molar-refractivity contribution in [3.63, 3.8) is 0 Å². The van der Waals surface area contributed by atoms with Crippen LogP contribution < -0.4 is 10.1 Å². The van der Waals surface area contributed by atoms with Gasteiger partial charge in [0.15, 0.2) is 0 Å². The minimum atomic E-state index is -0.749. The van der Waals surface area contributed by atoms with E-state index in [2.05, 4.69) is 5.32 Å². The van der Waals surface area contributed by atoms with Crippen LogP contribution in [0.25, 0.3) is 0 Å². The van der Waals surface area contributed by atoms with Crippen molar-refractivity contribution in [3.05, 3.63) is 29.8 Å². The summed E-state index contributed by atoms with van der Waals surface area (Å²) in [7, 11) is 1.73. The van der Waals surface area contributed by atoms with Gasteiger partial charge in [0.2, 0.25) is 0 Å². The van der Waals surface area contributed by atoms with Crippen LogP contribution in [0.3, 0.4) is 0 Å². The average Bonchev–Trinajstić information content (AvgIpc) is 2.48. The van der Waals surface area contributed by atoms with E-state index in [0.717, 1.165) is 5.56 Å². The van der Waals surface area contributed by atoms with Gasteiger partial charge in [0, 0.05) is 6.42 Å². The first-order chi connectivity index (χ1) is 9.55. The van der Waals surface area contributed by atoms with E-state index in [1.807, 2.05) is 0 Å². The van der Waals surface area contributed by atoms with E-state index in [1.165, 1.54) is 0 Å². The molecule has 0 aliphatic heterocycles. The lowest BCUT2D eigenvalue weighted by molar-refractivity contribution is -0.150. The Balaban J connectivity index is 2.50. The highest BCUT2D eigenvalue weighted by molar-refractivity contribution is 5.80. The summed E-state index contributed by atoms with van der Waals surface area (Å²) in [4.78, 5) is 11.9. The van der Waals surface area contributed by atoms with Crippen LogP contribution in [0.5, 0.6) is 5.75 Å². The van der Waals surface area contributed by atoms with Crippen LogP contribution in [-0.2, 0) is 16.1 Å². The van der Waals surface area contributed by atoms with E-state index in [0.29, 0.717) is 25.4 Å². The molecule has 0 saturated carbocycles. The molecule has 1 aromatic carbocycles. The maximum Gasteiger partial charge on any atom is 0.326 e. The summed E-state index contributed by atoms with van der Waals surface area (Å²) in [6.07, 6.45) is 0.504. The van der Waals surface area contributed by atoms with Gasteiger partial charge in [0.25, 0.3) is 0 Å². The summed E-state index contributed by atoms with van der Waals surface area (Å²) < 4.78 is 10.6. The molecule has 0 radical (unpaired) electrons. The van der Waals surface area contributed by atoms with Crippen molar-refractivity contribution in [2.24, 2.45) is 0 Å². The number of rotatable bonds is 8. The number of carbonyl (C=O) groups is 1. The number of hydrogen-bond acceptors (Lipinski definition) is 5. The molecule has 0 fully saturated rings. The third-order valence-corrected chi connectivity index (χ3v) is 3.25. The number of esters is 1. The number of aliphatic hydroxyl groups excluding tert-OH is 1. The molecular weight excluding hydrogens is 258 g/mol. The normalized spacial score (nSPS) is 13.6. The van der Waals surface area contributed by atoms with Crippen LogP contribution in [0.15, 0.2) is 24.3 Å². The maximum absolute atomic E-state index is 11.9. The van der Waals surface area contributed by atoms with Gasteiger partial charge in [-0.3, -0.25) is 4.79 Å². The lowest BCUT2D eigenvalue weighted by atomic mass is 9.99. The molecule has 5 nitrogen and oxygen atoms in total. The molecule has 1 rings (SSSR count). The monoisotopic (exact) mass is 281 g/mol. The summed E-state index contributed by atoms with van der Waals surface area (Å²) >= 11 is 0. The fourth-order valence-corrected chi connectivity index (χ4v) is 1.68. The van der Waals surface area contributed by atoms with Crippen molar-refractivity contribution in [1.29, 1.82) is 0 Å². The van der Waals surface area contributed by atoms with E-state index in [-0.39, 0.29) is 12.6 Å². The fourth-order valence-electron chi connectivity index (χ4n) is 1.68. The predicted octanol–water partition coefficient (Wildman–Crippen LogP) is 1.49. The van der Waals surface area contributed by atoms with Gasteiger partial charge in [-0.1, -0.05) is 12.1 Å². The molecule has 0 spiro atoms. The number of hydrogen-bond donors (Lipinski definition) is 2. The van der Waals surface area contributed by atoms with Gasteiger partial charge in [-0.25, -0.2) is 0 Å². The second-order valence-corrected chi connectivity index (χ2v) is 4.70. The van der Waals surface area contributed by atoms with Crippen molar-refractivity contribution in [2.75, 3.05) is 20.3 Å². The molecule has 0 bridgehead atoms. The van der Waals surface area contributed by atoms with Gasteiger partial charge in [-0.15, -0.1) is 0 Å². The zero-order valence-electron chi connectivity index (χ0n) is 12.3. The molecule has 0 amide bonds. The highest BCUT2D eigenvalue weighted by atomic mass is 16.5. The summed E-state index contributed by atoms with van der Waals surface area (Å²) in [5.41, 5.74) is 0.0880. The van der Waals surface area contributed by atoms with Crippen LogP contribution in [0, 0.1) is 0 Å². The first-order valence-corrected chi connectivity index (χ1v) is 6.74. The Bertz CT molecular complexity index is 418. The molecule has 0 saturated heterocycles. The largest absolute Gasteiger partial charge is 0.494 e. The van der Waals surface area contributed by atoms with Crippen LogP contribution in [0.1, 0.15) is 25.8 Å². The minimum absolute atomic E-state index is 0.0148. The molecule has 0 aromatic heterocycles. The lowest BCUT2D eigenvalue weighted by Crippen LogP contribution is -2.49. The lowest BCUT2D eigenvalue weighted by Gasteiger charge is -2.26. The van der Waals surface area contributed by atoms with E-state index in [9.17, 15) is 4.79 Å². The Labute approximate surface area is 119 Å². The Hall–Kier alpha value is -1.59. The molecular formula is C15H23NO4. The van der Waals surface area contributed by atoms with E-state index in [4.69, 9.17) is 14.6 Å². The molecule has 0 aliphatic carbocycles. The van der Waals surface area contributed by atoms with Gasteiger partial charge in [-0.05, 0) is 38.6 Å². The summed E-state index contributed by atoms with van der Waals surface area (Å²) in [5, 5.41) is 11.9. The van der Waals surface area contributed by atoms with Crippen LogP contribution in [-0.4, -0.2) is 36.9 Å². The van der Waals surface area contributed by atoms with Gasteiger partial charge < -0.3 is 19.9 Å². The zero-order chi connectivity index (χ0) is 15.0. The molecule has 0 heterocycles. The van der Waals surface area contributed by atoms with Crippen LogP contribution in [0.2, 0.25) is 0 Å². The van der Waals surface area contributed by atoms with Gasteiger partial charge in [-0.2, -0.15) is 0 Å². The molecule has 0 aliphatic rings. The summed E-state index contributed by atoms with van der Waals surface area (Å²) in [6.45, 7) is 4.35. The predicted molar refractivity (Wildman–Crippen MR) is 76.6 cm³/mol. The summed E-state index contributed by atoms with van der Waals surface area (Å²) in [6, 6.07) is 7.20. The third-order valence-electron chi connectivity index (χ3n) is 3.25. The summed E-state index contributed by atoms with van der Waals surface area (Å²) in [5.74, 6) is 0.436. The van der Waals surface area contributed by atoms with Crippen molar-refractivity contribution in [2.45, 2.75) is 32.4 Å². The molecule has 112 valence electrons. The SMILES string of the molecule is CCOC(=O)C(C)(CCOc1ccc(CO)cc1)NC. The van der Waals surface area contributed by atoms with E-state index < -0.39 is 5.54 Å². The molecule has 1 atom stereocenters. The third kappa shape index (κ3) is 4.51. The number of carbonyl (C=O) groups excluding carboxylic acids is 1. The molecule has 1 unspecified atom stereocenters. The van der Waals surface area contributed by atoms with E-state index in [1.54, 1.807) is 45.2 Å². The zero-order valence-corrected chi connectivity index (χ0v) is 12.3. The standard InChI is InChI=1S/C15H23NO4/c1-4-19-14(18)15(2,16-3)9-10-20-13-7-5-12(11-17)6-8-13/h5-8,16-17H,4,9-11H2,1-3H3.